The summed E-state index contributed by atoms with van der Waals surface area (Å²) in [5, 5.41) is 7.08. The number of anilines is 2. The Morgan fingerprint density at radius 1 is 1.16 bits per heavy atom. The van der Waals surface area contributed by atoms with E-state index in [1.165, 1.54) is 11.6 Å². The molecule has 0 saturated heterocycles. The Hall–Kier alpha value is -2.00. The van der Waals surface area contributed by atoms with Crippen LogP contribution in [0.1, 0.15) is 43.7 Å². The van der Waals surface area contributed by atoms with Gasteiger partial charge in [-0.05, 0) is 61.6 Å². The van der Waals surface area contributed by atoms with Gasteiger partial charge in [-0.15, -0.1) is 0 Å². The fraction of sp³-hybridized carbons (Fsp3) is 0.333. The van der Waals surface area contributed by atoms with E-state index in [-0.39, 0.29) is 5.82 Å². The molecule has 0 aliphatic carbocycles. The fourth-order valence-electron chi connectivity index (χ4n) is 2.95. The molecule has 25 heavy (non-hydrogen) atoms. The lowest BCUT2D eigenvalue weighted by molar-refractivity contribution is 0.625. The summed E-state index contributed by atoms with van der Waals surface area (Å²) in [5.74, 6) is 0.128. The van der Waals surface area contributed by atoms with Crippen molar-refractivity contribution in [1.29, 1.82) is 0 Å². The second kappa shape index (κ2) is 9.47. The van der Waals surface area contributed by atoms with Crippen molar-refractivity contribution in [2.45, 2.75) is 32.6 Å². The molecule has 0 bridgehead atoms. The second-order valence-electron chi connectivity index (χ2n) is 5.99. The summed E-state index contributed by atoms with van der Waals surface area (Å²) in [6.07, 6.45) is 5.72. The molecule has 2 rings (SSSR count). The number of halogens is 2. The van der Waals surface area contributed by atoms with Gasteiger partial charge in [-0.2, -0.15) is 0 Å². The molecule has 1 unspecified atom stereocenters. The molecule has 0 aliphatic rings. The Morgan fingerprint density at radius 2 is 1.96 bits per heavy atom. The first kappa shape index (κ1) is 19.3. The lowest BCUT2D eigenvalue weighted by Gasteiger charge is -2.18. The minimum absolute atomic E-state index is 0.207. The van der Waals surface area contributed by atoms with Gasteiger partial charge >= 0.3 is 0 Å². The van der Waals surface area contributed by atoms with E-state index in [0.29, 0.717) is 11.5 Å². The summed E-state index contributed by atoms with van der Waals surface area (Å²) in [5.41, 5.74) is 3.70. The molecule has 0 aliphatic heterocycles. The average Bonchev–Trinajstić information content (AvgIpc) is 2.60. The summed E-state index contributed by atoms with van der Waals surface area (Å²) in [7, 11) is 1.91. The van der Waals surface area contributed by atoms with Gasteiger partial charge in [-0.3, -0.25) is 0 Å². The smallest absolute Gasteiger partial charge is 0.132 e. The van der Waals surface area contributed by atoms with E-state index < -0.39 is 0 Å². The third-order valence-corrected chi connectivity index (χ3v) is 4.55. The minimum Gasteiger partial charge on any atom is -0.388 e. The summed E-state index contributed by atoms with van der Waals surface area (Å²) >= 11 is 6.16. The molecule has 134 valence electrons. The molecule has 0 heterocycles. The van der Waals surface area contributed by atoms with Crippen LogP contribution in [-0.2, 0) is 0 Å². The van der Waals surface area contributed by atoms with Crippen LogP contribution >= 0.6 is 11.6 Å². The molecular weight excluding hydrogens is 335 g/mol. The van der Waals surface area contributed by atoms with E-state index in [1.807, 2.05) is 56.5 Å². The highest BCUT2D eigenvalue weighted by Gasteiger charge is 2.13. The maximum Gasteiger partial charge on any atom is 0.132 e. The van der Waals surface area contributed by atoms with Crippen LogP contribution in [0.3, 0.4) is 0 Å². The monoisotopic (exact) mass is 360 g/mol. The first-order chi connectivity index (χ1) is 12.1. The zero-order valence-electron chi connectivity index (χ0n) is 15.1. The zero-order chi connectivity index (χ0) is 18.2. The Morgan fingerprint density at radius 3 is 2.60 bits per heavy atom. The number of hydrogen-bond acceptors (Lipinski definition) is 2. The third-order valence-electron chi connectivity index (χ3n) is 4.31. The van der Waals surface area contributed by atoms with Crippen molar-refractivity contribution in [3.05, 3.63) is 64.4 Å². The summed E-state index contributed by atoms with van der Waals surface area (Å²) in [6.45, 7) is 4.93. The van der Waals surface area contributed by atoms with E-state index in [9.17, 15) is 4.39 Å². The van der Waals surface area contributed by atoms with Crippen molar-refractivity contribution in [2.75, 3.05) is 24.2 Å². The van der Waals surface area contributed by atoms with Crippen LogP contribution in [0, 0.1) is 5.82 Å². The second-order valence-corrected chi connectivity index (χ2v) is 6.43. The molecule has 4 heteroatoms. The van der Waals surface area contributed by atoms with Crippen molar-refractivity contribution < 1.29 is 4.39 Å². The van der Waals surface area contributed by atoms with Crippen LogP contribution in [0.2, 0.25) is 5.02 Å². The van der Waals surface area contributed by atoms with E-state index in [4.69, 9.17) is 11.6 Å². The van der Waals surface area contributed by atoms with Gasteiger partial charge in [0.05, 0.1) is 0 Å². The zero-order valence-corrected chi connectivity index (χ0v) is 15.8. The van der Waals surface area contributed by atoms with Gasteiger partial charge in [0.15, 0.2) is 0 Å². The molecule has 0 aromatic heterocycles. The van der Waals surface area contributed by atoms with Crippen LogP contribution in [0.15, 0.2) is 42.5 Å². The highest BCUT2D eigenvalue weighted by Crippen LogP contribution is 2.32. The molecule has 0 fully saturated rings. The van der Waals surface area contributed by atoms with E-state index in [0.717, 1.165) is 35.8 Å². The van der Waals surface area contributed by atoms with Gasteiger partial charge in [0.2, 0.25) is 0 Å². The number of hydrogen-bond donors (Lipinski definition) is 2. The molecule has 2 N–H and O–H groups in total. The highest BCUT2D eigenvalue weighted by atomic mass is 35.5. The maximum atomic E-state index is 14.2. The average molecular weight is 361 g/mol. The third kappa shape index (κ3) is 5.23. The van der Waals surface area contributed by atoms with Gasteiger partial charge in [0.1, 0.15) is 5.82 Å². The van der Waals surface area contributed by atoms with Gasteiger partial charge < -0.3 is 10.6 Å². The maximum absolute atomic E-state index is 14.2. The predicted molar refractivity (Wildman–Crippen MR) is 108 cm³/mol. The first-order valence-electron chi connectivity index (χ1n) is 8.76. The SMILES string of the molecule is CCNc1ccc(/C=C/CC(CC)c2cc(Cl)ccc2NC)c(F)c1. The summed E-state index contributed by atoms with van der Waals surface area (Å²) in [4.78, 5) is 0. The Labute approximate surface area is 155 Å². The van der Waals surface area contributed by atoms with Crippen LogP contribution in [-0.4, -0.2) is 13.6 Å². The molecule has 0 saturated carbocycles. The minimum atomic E-state index is -0.207. The first-order valence-corrected chi connectivity index (χ1v) is 9.14. The highest BCUT2D eigenvalue weighted by molar-refractivity contribution is 6.30. The van der Waals surface area contributed by atoms with E-state index in [1.54, 1.807) is 0 Å². The predicted octanol–water partition coefficient (Wildman–Crippen LogP) is 6.55. The van der Waals surface area contributed by atoms with Crippen molar-refractivity contribution >= 4 is 29.1 Å². The number of rotatable bonds is 8. The van der Waals surface area contributed by atoms with Crippen molar-refractivity contribution in [1.82, 2.24) is 0 Å². The molecule has 0 spiro atoms. The van der Waals surface area contributed by atoms with Gasteiger partial charge in [-0.1, -0.05) is 36.7 Å². The molecule has 1 atom stereocenters. The largest absolute Gasteiger partial charge is 0.388 e. The van der Waals surface area contributed by atoms with Crippen LogP contribution in [0.25, 0.3) is 6.08 Å². The van der Waals surface area contributed by atoms with Crippen LogP contribution < -0.4 is 10.6 Å². The number of benzene rings is 2. The topological polar surface area (TPSA) is 24.1 Å². The summed E-state index contributed by atoms with van der Waals surface area (Å²) in [6, 6.07) is 11.2. The molecular formula is C21H26ClFN2. The Bertz CT molecular complexity index is 728. The van der Waals surface area contributed by atoms with Crippen LogP contribution in [0.5, 0.6) is 0 Å². The summed E-state index contributed by atoms with van der Waals surface area (Å²) < 4.78 is 14.2. The lowest BCUT2D eigenvalue weighted by atomic mass is 9.91. The molecule has 2 aromatic rings. The molecule has 2 aromatic carbocycles. The van der Waals surface area contributed by atoms with Gasteiger partial charge in [-0.25, -0.2) is 4.39 Å². The van der Waals surface area contributed by atoms with E-state index >= 15 is 0 Å². The molecule has 0 amide bonds. The molecule has 2 nitrogen and oxygen atoms in total. The van der Waals surface area contributed by atoms with Gasteiger partial charge in [0.25, 0.3) is 0 Å². The fourth-order valence-corrected chi connectivity index (χ4v) is 3.13. The van der Waals surface area contributed by atoms with Gasteiger partial charge in [0, 0.05) is 35.6 Å². The number of nitrogens with one attached hydrogen (secondary N) is 2. The lowest BCUT2D eigenvalue weighted by Crippen LogP contribution is -2.02. The quantitative estimate of drug-likeness (QED) is 0.557. The van der Waals surface area contributed by atoms with Crippen molar-refractivity contribution in [2.24, 2.45) is 0 Å². The standard InChI is InChI=1S/C21H26ClFN2/c1-4-15(19-13-17(22)10-12-21(19)24-3)7-6-8-16-9-11-18(25-5-2)14-20(16)23/h6,8-15,24-25H,4-5,7H2,1-3H3/b8-6+. The van der Waals surface area contributed by atoms with Crippen molar-refractivity contribution in [3.8, 4) is 0 Å². The van der Waals surface area contributed by atoms with E-state index in [2.05, 4.69) is 17.6 Å². The Balaban J connectivity index is 2.13. The number of allylic oxidation sites excluding steroid dienone is 1. The molecule has 0 radical (unpaired) electrons. The normalized spacial score (nSPS) is 12.4. The van der Waals surface area contributed by atoms with Crippen LogP contribution in [0.4, 0.5) is 15.8 Å². The Kier molecular flexibility index (Phi) is 7.32. The van der Waals surface area contributed by atoms with Crippen molar-refractivity contribution in [3.63, 3.8) is 0 Å².